The quantitative estimate of drug-likeness (QED) is 0.241. The van der Waals surface area contributed by atoms with Gasteiger partial charge in [-0.25, -0.2) is 24.8 Å². The van der Waals surface area contributed by atoms with Gasteiger partial charge in [-0.3, -0.25) is 0 Å². The third kappa shape index (κ3) is 5.73. The van der Waals surface area contributed by atoms with Gasteiger partial charge < -0.3 is 20.4 Å². The van der Waals surface area contributed by atoms with Crippen LogP contribution < -0.4 is 15.1 Å². The van der Waals surface area contributed by atoms with Crippen LogP contribution in [-0.2, 0) is 31.9 Å². The molecular weight excluding hydrogens is 657 g/mol. The molecule has 0 amide bonds. The van der Waals surface area contributed by atoms with E-state index in [9.17, 15) is 0 Å². The molecule has 0 unspecified atom stereocenters. The fourth-order valence-electron chi connectivity index (χ4n) is 3.67. The summed E-state index contributed by atoms with van der Waals surface area (Å²) in [6.07, 6.45) is 3.42. The molecule has 0 N–H and O–H groups in total. The van der Waals surface area contributed by atoms with Crippen molar-refractivity contribution in [3.8, 4) is 22.8 Å². The summed E-state index contributed by atoms with van der Waals surface area (Å²) < 4.78 is 0. The maximum atomic E-state index is 4.83. The first kappa shape index (κ1) is 27.3. The van der Waals surface area contributed by atoms with E-state index in [0.717, 1.165) is 17.1 Å². The Labute approximate surface area is 236 Å². The van der Waals surface area contributed by atoms with Crippen LogP contribution in [-0.4, -0.2) is 30.1 Å². The van der Waals surface area contributed by atoms with E-state index >= 15 is 0 Å². The Balaban J connectivity index is 0.00000336. The van der Waals surface area contributed by atoms with Crippen LogP contribution in [0.4, 0.5) is 17.6 Å². The molecule has 4 aromatic heterocycles. The number of benzene rings is 1. The first-order valence-electron chi connectivity index (χ1n) is 12.1. The molecule has 5 rings (SSSR count). The zero-order valence-corrected chi connectivity index (χ0v) is 24.5. The summed E-state index contributed by atoms with van der Waals surface area (Å²) in [6.45, 7) is 12.6. The number of hydrogen-bond acceptors (Lipinski definition) is 7. The largest absolute Gasteiger partial charge is 2.00 e. The van der Waals surface area contributed by atoms with Gasteiger partial charge in [-0.1, -0.05) is 83.3 Å². The summed E-state index contributed by atoms with van der Waals surface area (Å²) in [5, 5.41) is 17.5. The van der Waals surface area contributed by atoms with Crippen LogP contribution in [0.2, 0.25) is 0 Å². The Hall–Kier alpha value is -3.71. The second kappa shape index (κ2) is 10.6. The zero-order valence-electron chi connectivity index (χ0n) is 22.2. The number of nitrogens with zero attached hydrogens (tertiary/aromatic N) is 9. The van der Waals surface area contributed by atoms with Gasteiger partial charge in [0.1, 0.15) is 0 Å². The van der Waals surface area contributed by atoms with Gasteiger partial charge in [-0.05, 0) is 24.3 Å². The molecule has 0 radical (unpaired) electrons. The molecule has 0 aliphatic carbocycles. The number of hydrogen-bond donors (Lipinski definition) is 0. The van der Waals surface area contributed by atoms with Crippen molar-refractivity contribution in [2.24, 2.45) is 0 Å². The van der Waals surface area contributed by atoms with E-state index in [4.69, 9.17) is 9.97 Å². The maximum Gasteiger partial charge on any atom is 2.00 e. The molecule has 0 fully saturated rings. The Morgan fingerprint density at radius 1 is 0.632 bits per heavy atom. The minimum Gasteiger partial charge on any atom is -0.573 e. The molecule has 0 saturated heterocycles. The van der Waals surface area contributed by atoms with Crippen LogP contribution in [0.25, 0.3) is 22.8 Å². The summed E-state index contributed by atoms with van der Waals surface area (Å²) >= 11 is 0. The van der Waals surface area contributed by atoms with E-state index < -0.39 is 0 Å². The van der Waals surface area contributed by atoms with Crippen molar-refractivity contribution in [3.05, 3.63) is 78.4 Å². The normalized spacial score (nSPS) is 11.7. The molecule has 0 aliphatic heterocycles. The summed E-state index contributed by atoms with van der Waals surface area (Å²) in [4.78, 5) is 20.6. The minimum atomic E-state index is -0.109. The predicted octanol–water partition coefficient (Wildman–Crippen LogP) is 5.37. The maximum absolute atomic E-state index is 4.83. The molecular formula is C28H29N9Pt. The van der Waals surface area contributed by atoms with Gasteiger partial charge in [-0.15, -0.1) is 0 Å². The fraction of sp³-hybridized carbons (Fsp3) is 0.286. The van der Waals surface area contributed by atoms with Gasteiger partial charge in [0, 0.05) is 34.6 Å². The van der Waals surface area contributed by atoms with E-state index in [-0.39, 0.29) is 31.9 Å². The standard InChI is InChI=1S/C28H29N9.Pt/c1-27(2,3)23-16-21(33-35-23)19-12-14-29-25(31-19)37(18-10-8-7-9-11-18)26-30-15-13-20(32-26)22-17-24(36-34-22)28(4,5)6;/h7-17H,1-6H3;/q-2;+2. The van der Waals surface area contributed by atoms with E-state index in [1.54, 1.807) is 12.4 Å². The molecule has 1 aromatic carbocycles. The van der Waals surface area contributed by atoms with Crippen molar-refractivity contribution in [1.29, 1.82) is 0 Å². The predicted molar refractivity (Wildman–Crippen MR) is 143 cm³/mol. The monoisotopic (exact) mass is 686 g/mol. The summed E-state index contributed by atoms with van der Waals surface area (Å²) in [5.41, 5.74) is 5.14. The van der Waals surface area contributed by atoms with Gasteiger partial charge in [0.25, 0.3) is 0 Å². The van der Waals surface area contributed by atoms with Crippen LogP contribution in [0.3, 0.4) is 0 Å². The fourth-order valence-corrected chi connectivity index (χ4v) is 3.67. The van der Waals surface area contributed by atoms with Gasteiger partial charge in [0.05, 0.1) is 17.1 Å². The number of aromatic nitrogens is 8. The van der Waals surface area contributed by atoms with Crippen LogP contribution in [0.15, 0.2) is 67.0 Å². The van der Waals surface area contributed by atoms with Crippen molar-refractivity contribution in [1.82, 2.24) is 40.3 Å². The Morgan fingerprint density at radius 2 is 1.08 bits per heavy atom. The van der Waals surface area contributed by atoms with E-state index in [0.29, 0.717) is 34.7 Å². The van der Waals surface area contributed by atoms with Gasteiger partial charge in [0.15, 0.2) is 0 Å². The second-order valence-electron chi connectivity index (χ2n) is 10.9. The molecule has 9 nitrogen and oxygen atoms in total. The molecule has 10 heteroatoms. The van der Waals surface area contributed by atoms with Crippen molar-refractivity contribution in [3.63, 3.8) is 0 Å². The first-order valence-corrected chi connectivity index (χ1v) is 12.1. The average Bonchev–Trinajstić information content (AvgIpc) is 3.56. The number of anilines is 3. The molecule has 196 valence electrons. The molecule has 0 aliphatic rings. The van der Waals surface area contributed by atoms with Gasteiger partial charge in [0.2, 0.25) is 11.9 Å². The summed E-state index contributed by atoms with van der Waals surface area (Å²) in [6, 6.07) is 17.4. The number of rotatable bonds is 5. The molecule has 0 atom stereocenters. The summed E-state index contributed by atoms with van der Waals surface area (Å²) in [7, 11) is 0. The Kier molecular flexibility index (Phi) is 7.60. The average molecular weight is 687 g/mol. The van der Waals surface area contributed by atoms with Crippen LogP contribution in [0.5, 0.6) is 0 Å². The molecule has 5 aromatic rings. The van der Waals surface area contributed by atoms with E-state index in [2.05, 4.69) is 71.9 Å². The van der Waals surface area contributed by atoms with Crippen LogP contribution in [0, 0.1) is 0 Å². The first-order chi connectivity index (χ1) is 17.6. The van der Waals surface area contributed by atoms with Crippen molar-refractivity contribution >= 4 is 17.6 Å². The van der Waals surface area contributed by atoms with Crippen LogP contribution >= 0.6 is 0 Å². The van der Waals surface area contributed by atoms with Crippen molar-refractivity contribution in [2.75, 3.05) is 4.90 Å². The Morgan fingerprint density at radius 3 is 1.47 bits per heavy atom. The SMILES string of the molecule is CC(C)(C)c1cc(-c2ccnc(N(c3ccccc3)c3nccc(-c4cc(C(C)(C)C)n[n-]4)n3)n2)[n-]n1.[Pt+2]. The van der Waals surface area contributed by atoms with E-state index in [1.165, 1.54) is 0 Å². The second-order valence-corrected chi connectivity index (χ2v) is 10.9. The Bertz CT molecular complexity index is 1420. The number of para-hydroxylation sites is 1. The molecule has 4 heterocycles. The minimum absolute atomic E-state index is 0. The van der Waals surface area contributed by atoms with Crippen molar-refractivity contribution in [2.45, 2.75) is 52.4 Å². The molecule has 38 heavy (non-hydrogen) atoms. The topological polar surface area (TPSA) is 109 Å². The third-order valence-electron chi connectivity index (χ3n) is 5.84. The van der Waals surface area contributed by atoms with Gasteiger partial charge >= 0.3 is 21.1 Å². The zero-order chi connectivity index (χ0) is 26.2. The van der Waals surface area contributed by atoms with E-state index in [1.807, 2.05) is 59.5 Å². The smallest absolute Gasteiger partial charge is 0.573 e. The van der Waals surface area contributed by atoms with Crippen LogP contribution in [0.1, 0.15) is 52.9 Å². The summed E-state index contributed by atoms with van der Waals surface area (Å²) in [5.74, 6) is 0.843. The third-order valence-corrected chi connectivity index (χ3v) is 5.84. The molecule has 0 bridgehead atoms. The molecule has 0 saturated carbocycles. The van der Waals surface area contributed by atoms with Crippen molar-refractivity contribution < 1.29 is 21.1 Å². The van der Waals surface area contributed by atoms with Gasteiger partial charge in [-0.2, -0.15) is 0 Å². The molecule has 0 spiro atoms.